The zero-order chi connectivity index (χ0) is 17.9. The van der Waals surface area contributed by atoms with Gasteiger partial charge in [0, 0.05) is 28.9 Å². The van der Waals surface area contributed by atoms with Crippen LogP contribution in [0.15, 0.2) is 79.6 Å². The standard InChI is InChI=1S/C23H15N3/c1-2-19-20(14-24)23(26-22-12-13-25-15-21(19)22)18-10-8-17(9-11-18)16-6-4-3-5-7-16/h2-13,15H,1H2. The first-order chi connectivity index (χ1) is 12.8. The third-order valence-corrected chi connectivity index (χ3v) is 4.41. The highest BCUT2D eigenvalue weighted by molar-refractivity contribution is 5.93. The molecule has 3 nitrogen and oxygen atoms in total. The number of hydrogen-bond acceptors (Lipinski definition) is 3. The molecular weight excluding hydrogens is 318 g/mol. The monoisotopic (exact) mass is 333 g/mol. The number of benzene rings is 2. The molecule has 0 amide bonds. The molecule has 0 bridgehead atoms. The minimum absolute atomic E-state index is 0.521. The first-order valence-corrected chi connectivity index (χ1v) is 8.28. The lowest BCUT2D eigenvalue weighted by molar-refractivity contribution is 1.30. The first-order valence-electron chi connectivity index (χ1n) is 8.28. The van der Waals surface area contributed by atoms with Crippen LogP contribution in [0.5, 0.6) is 0 Å². The molecule has 26 heavy (non-hydrogen) atoms. The maximum Gasteiger partial charge on any atom is 0.102 e. The predicted octanol–water partition coefficient (Wildman–Crippen LogP) is 5.48. The van der Waals surface area contributed by atoms with E-state index >= 15 is 0 Å². The highest BCUT2D eigenvalue weighted by Crippen LogP contribution is 2.31. The third-order valence-electron chi connectivity index (χ3n) is 4.41. The van der Waals surface area contributed by atoms with Gasteiger partial charge in [-0.1, -0.05) is 67.3 Å². The molecule has 3 heteroatoms. The minimum atomic E-state index is 0.521. The summed E-state index contributed by atoms with van der Waals surface area (Å²) in [5.41, 5.74) is 5.95. The molecule has 0 unspecified atom stereocenters. The van der Waals surface area contributed by atoms with Crippen molar-refractivity contribution in [1.82, 2.24) is 9.97 Å². The predicted molar refractivity (Wildman–Crippen MR) is 105 cm³/mol. The summed E-state index contributed by atoms with van der Waals surface area (Å²) in [4.78, 5) is 8.86. The van der Waals surface area contributed by atoms with Gasteiger partial charge in [-0.2, -0.15) is 5.26 Å². The van der Waals surface area contributed by atoms with Crippen molar-refractivity contribution in [2.75, 3.05) is 0 Å². The molecular formula is C23H15N3. The molecule has 122 valence electrons. The summed E-state index contributed by atoms with van der Waals surface area (Å²) in [5.74, 6) is 0. The quantitative estimate of drug-likeness (QED) is 0.499. The lowest BCUT2D eigenvalue weighted by Crippen LogP contribution is -1.96. The topological polar surface area (TPSA) is 49.6 Å². The van der Waals surface area contributed by atoms with Crippen LogP contribution in [-0.2, 0) is 0 Å². The van der Waals surface area contributed by atoms with E-state index in [2.05, 4.69) is 41.9 Å². The number of fused-ring (bicyclic) bond motifs is 1. The van der Waals surface area contributed by atoms with Crippen LogP contribution in [0.3, 0.4) is 0 Å². The van der Waals surface area contributed by atoms with E-state index in [0.717, 1.165) is 33.2 Å². The van der Waals surface area contributed by atoms with Gasteiger partial charge >= 0.3 is 0 Å². The molecule has 0 aliphatic carbocycles. The second kappa shape index (κ2) is 6.62. The van der Waals surface area contributed by atoms with Crippen LogP contribution in [0.4, 0.5) is 0 Å². The molecule has 0 saturated carbocycles. The molecule has 0 aliphatic heterocycles. The van der Waals surface area contributed by atoms with Gasteiger partial charge in [0.25, 0.3) is 0 Å². The van der Waals surface area contributed by atoms with Crippen LogP contribution in [-0.4, -0.2) is 9.97 Å². The van der Waals surface area contributed by atoms with Crippen LogP contribution in [0.25, 0.3) is 39.4 Å². The second-order valence-corrected chi connectivity index (χ2v) is 5.90. The Labute approximate surface area is 151 Å². The molecule has 0 fully saturated rings. The fourth-order valence-electron chi connectivity index (χ4n) is 3.12. The molecule has 2 aromatic carbocycles. The zero-order valence-electron chi connectivity index (χ0n) is 14.1. The summed E-state index contributed by atoms with van der Waals surface area (Å²) in [6.45, 7) is 3.87. The molecule has 2 heterocycles. The SMILES string of the molecule is C=Cc1c(C#N)c(-c2ccc(-c3ccccc3)cc2)nc2ccncc12. The lowest BCUT2D eigenvalue weighted by Gasteiger charge is -2.11. The normalized spacial score (nSPS) is 10.4. The summed E-state index contributed by atoms with van der Waals surface area (Å²) in [7, 11) is 0. The van der Waals surface area contributed by atoms with E-state index in [4.69, 9.17) is 4.98 Å². The van der Waals surface area contributed by atoms with Crippen LogP contribution in [0.1, 0.15) is 11.1 Å². The summed E-state index contributed by atoms with van der Waals surface area (Å²) in [6, 6.07) is 22.5. The van der Waals surface area contributed by atoms with E-state index in [-0.39, 0.29) is 0 Å². The Balaban J connectivity index is 1.89. The van der Waals surface area contributed by atoms with Crippen molar-refractivity contribution < 1.29 is 0 Å². The van der Waals surface area contributed by atoms with Crippen molar-refractivity contribution in [2.24, 2.45) is 0 Å². The smallest absolute Gasteiger partial charge is 0.102 e. The Morgan fingerprint density at radius 2 is 1.58 bits per heavy atom. The number of aromatic nitrogens is 2. The average molecular weight is 333 g/mol. The number of nitriles is 1. The van der Waals surface area contributed by atoms with E-state index in [1.165, 1.54) is 0 Å². The zero-order valence-corrected chi connectivity index (χ0v) is 14.1. The molecule has 4 aromatic rings. The average Bonchev–Trinajstić information content (AvgIpc) is 2.73. The molecule has 0 atom stereocenters. The Kier molecular flexibility index (Phi) is 4.01. The Morgan fingerprint density at radius 1 is 0.885 bits per heavy atom. The van der Waals surface area contributed by atoms with Crippen LogP contribution in [0, 0.1) is 11.3 Å². The van der Waals surface area contributed by atoms with Gasteiger partial charge in [-0.3, -0.25) is 4.98 Å². The highest BCUT2D eigenvalue weighted by Gasteiger charge is 2.14. The van der Waals surface area contributed by atoms with E-state index in [1.54, 1.807) is 18.5 Å². The number of pyridine rings is 2. The second-order valence-electron chi connectivity index (χ2n) is 5.90. The van der Waals surface area contributed by atoms with Crippen LogP contribution in [0.2, 0.25) is 0 Å². The maximum absolute atomic E-state index is 9.73. The largest absolute Gasteiger partial charge is 0.264 e. The Morgan fingerprint density at radius 3 is 2.27 bits per heavy atom. The molecule has 0 saturated heterocycles. The van der Waals surface area contributed by atoms with Crippen LogP contribution >= 0.6 is 0 Å². The molecule has 2 aromatic heterocycles. The summed E-state index contributed by atoms with van der Waals surface area (Å²) < 4.78 is 0. The van der Waals surface area contributed by atoms with Crippen molar-refractivity contribution in [3.8, 4) is 28.5 Å². The Bertz CT molecular complexity index is 1140. The van der Waals surface area contributed by atoms with Gasteiger partial charge in [-0.25, -0.2) is 4.98 Å². The number of rotatable bonds is 3. The van der Waals surface area contributed by atoms with Crippen molar-refractivity contribution in [3.05, 3.63) is 90.8 Å². The molecule has 0 N–H and O–H groups in total. The fourth-order valence-corrected chi connectivity index (χ4v) is 3.12. The molecule has 0 radical (unpaired) electrons. The van der Waals surface area contributed by atoms with E-state index in [0.29, 0.717) is 11.3 Å². The van der Waals surface area contributed by atoms with Crippen molar-refractivity contribution in [1.29, 1.82) is 5.26 Å². The third kappa shape index (κ3) is 2.64. The van der Waals surface area contributed by atoms with Gasteiger partial charge in [0.1, 0.15) is 6.07 Å². The van der Waals surface area contributed by atoms with E-state index in [1.807, 2.05) is 36.4 Å². The van der Waals surface area contributed by atoms with Gasteiger partial charge in [0.2, 0.25) is 0 Å². The number of nitrogens with zero attached hydrogens (tertiary/aromatic N) is 3. The lowest BCUT2D eigenvalue weighted by atomic mass is 9.97. The Hall–Kier alpha value is -3.77. The molecule has 4 rings (SSSR count). The number of hydrogen-bond donors (Lipinski definition) is 0. The van der Waals surface area contributed by atoms with E-state index in [9.17, 15) is 5.26 Å². The summed E-state index contributed by atoms with van der Waals surface area (Å²) >= 11 is 0. The highest BCUT2D eigenvalue weighted by atomic mass is 14.7. The van der Waals surface area contributed by atoms with Crippen LogP contribution < -0.4 is 0 Å². The van der Waals surface area contributed by atoms with Gasteiger partial charge in [0.15, 0.2) is 0 Å². The fraction of sp³-hybridized carbons (Fsp3) is 0. The minimum Gasteiger partial charge on any atom is -0.264 e. The van der Waals surface area contributed by atoms with Crippen molar-refractivity contribution in [2.45, 2.75) is 0 Å². The van der Waals surface area contributed by atoms with E-state index < -0.39 is 0 Å². The van der Waals surface area contributed by atoms with Gasteiger partial charge in [-0.05, 0) is 17.2 Å². The van der Waals surface area contributed by atoms with Crippen molar-refractivity contribution >= 4 is 17.0 Å². The first kappa shape index (κ1) is 15.7. The van der Waals surface area contributed by atoms with Gasteiger partial charge in [-0.15, -0.1) is 0 Å². The molecule has 0 spiro atoms. The summed E-state index contributed by atoms with van der Waals surface area (Å²) in [5, 5.41) is 10.6. The van der Waals surface area contributed by atoms with Gasteiger partial charge < -0.3 is 0 Å². The molecule has 0 aliphatic rings. The van der Waals surface area contributed by atoms with Gasteiger partial charge in [0.05, 0.1) is 16.8 Å². The summed E-state index contributed by atoms with van der Waals surface area (Å²) in [6.07, 6.45) is 5.13. The van der Waals surface area contributed by atoms with Crippen molar-refractivity contribution in [3.63, 3.8) is 0 Å². The maximum atomic E-state index is 9.73.